The van der Waals surface area contributed by atoms with Crippen molar-refractivity contribution >= 4 is 22.9 Å². The molecule has 0 radical (unpaired) electrons. The Hall–Kier alpha value is -2.08. The predicted molar refractivity (Wildman–Crippen MR) is 77.9 cm³/mol. The topological polar surface area (TPSA) is 74.7 Å². The zero-order chi connectivity index (χ0) is 13.8. The van der Waals surface area contributed by atoms with Gasteiger partial charge in [0.2, 0.25) is 0 Å². The van der Waals surface area contributed by atoms with Crippen molar-refractivity contribution in [1.29, 1.82) is 0 Å². The van der Waals surface area contributed by atoms with Crippen molar-refractivity contribution in [2.24, 2.45) is 10.9 Å². The number of aromatic nitrogens is 1. The second-order valence-electron chi connectivity index (χ2n) is 4.27. The summed E-state index contributed by atoms with van der Waals surface area (Å²) in [7, 11) is 2.01. The molecule has 100 valence electrons. The van der Waals surface area contributed by atoms with Gasteiger partial charge in [-0.2, -0.15) is 0 Å². The third kappa shape index (κ3) is 3.23. The van der Waals surface area contributed by atoms with Gasteiger partial charge < -0.3 is 15.8 Å². The highest BCUT2D eigenvalue weighted by Gasteiger charge is 2.06. The molecule has 0 amide bonds. The Morgan fingerprint density at radius 3 is 2.63 bits per heavy atom. The number of aryl methyl sites for hydroxylation is 1. The van der Waals surface area contributed by atoms with E-state index in [1.165, 1.54) is 0 Å². The van der Waals surface area contributed by atoms with Gasteiger partial charge in [-0.1, -0.05) is 5.16 Å². The molecule has 0 saturated heterocycles. The zero-order valence-corrected chi connectivity index (χ0v) is 11.7. The fourth-order valence-electron chi connectivity index (χ4n) is 1.71. The highest BCUT2D eigenvalue weighted by Crippen LogP contribution is 2.18. The summed E-state index contributed by atoms with van der Waals surface area (Å²) in [5, 5.41) is 14.7. The third-order valence-corrected chi connectivity index (χ3v) is 3.70. The average Bonchev–Trinajstić information content (AvgIpc) is 2.83. The standard InChI is InChI=1S/C13H16N4OS/c1-9-8-19-12(15-9)7-17(2)11-5-3-10(4-6-11)13(14)16-18/h3-6,8,18H,7H2,1-2H3,(H2,14,16). The molecule has 0 spiro atoms. The van der Waals surface area contributed by atoms with Crippen LogP contribution in [0.15, 0.2) is 34.8 Å². The van der Waals surface area contributed by atoms with E-state index in [1.807, 2.05) is 43.6 Å². The van der Waals surface area contributed by atoms with E-state index >= 15 is 0 Å². The van der Waals surface area contributed by atoms with Gasteiger partial charge >= 0.3 is 0 Å². The molecule has 0 atom stereocenters. The predicted octanol–water partition coefficient (Wildman–Crippen LogP) is 2.18. The molecule has 6 heteroatoms. The minimum absolute atomic E-state index is 0.116. The van der Waals surface area contributed by atoms with E-state index in [9.17, 15) is 0 Å². The number of oxime groups is 1. The first-order chi connectivity index (χ1) is 9.10. The first-order valence-corrected chi connectivity index (χ1v) is 6.68. The van der Waals surface area contributed by atoms with Crippen LogP contribution in [0.2, 0.25) is 0 Å². The number of benzene rings is 1. The number of anilines is 1. The SMILES string of the molecule is Cc1csc(CN(C)c2ccc(C(N)=NO)cc2)n1. The highest BCUT2D eigenvalue weighted by atomic mass is 32.1. The number of thiazole rings is 1. The molecule has 0 saturated carbocycles. The van der Waals surface area contributed by atoms with Crippen molar-refractivity contribution in [3.63, 3.8) is 0 Å². The lowest BCUT2D eigenvalue weighted by Crippen LogP contribution is -2.17. The van der Waals surface area contributed by atoms with Crippen LogP contribution in [0.1, 0.15) is 16.3 Å². The fraction of sp³-hybridized carbons (Fsp3) is 0.231. The molecule has 1 heterocycles. The zero-order valence-electron chi connectivity index (χ0n) is 10.9. The summed E-state index contributed by atoms with van der Waals surface area (Å²) in [6, 6.07) is 7.53. The number of hydrogen-bond acceptors (Lipinski definition) is 5. The largest absolute Gasteiger partial charge is 0.409 e. The molecule has 0 unspecified atom stereocenters. The molecule has 19 heavy (non-hydrogen) atoms. The van der Waals surface area contributed by atoms with Crippen LogP contribution in [0.3, 0.4) is 0 Å². The average molecular weight is 276 g/mol. The lowest BCUT2D eigenvalue weighted by atomic mass is 10.2. The van der Waals surface area contributed by atoms with Crippen molar-refractivity contribution in [2.75, 3.05) is 11.9 Å². The van der Waals surface area contributed by atoms with Crippen molar-refractivity contribution in [3.8, 4) is 0 Å². The van der Waals surface area contributed by atoms with Gasteiger partial charge in [0, 0.05) is 29.4 Å². The van der Waals surface area contributed by atoms with Crippen molar-refractivity contribution in [2.45, 2.75) is 13.5 Å². The molecule has 3 N–H and O–H groups in total. The van der Waals surface area contributed by atoms with Crippen LogP contribution in [0.5, 0.6) is 0 Å². The lowest BCUT2D eigenvalue weighted by molar-refractivity contribution is 0.318. The fourth-order valence-corrected chi connectivity index (χ4v) is 2.54. The van der Waals surface area contributed by atoms with Gasteiger partial charge in [0.05, 0.1) is 6.54 Å². The van der Waals surface area contributed by atoms with Crippen molar-refractivity contribution in [1.82, 2.24) is 4.98 Å². The maximum atomic E-state index is 8.61. The van der Waals surface area contributed by atoms with E-state index in [1.54, 1.807) is 11.3 Å². The van der Waals surface area contributed by atoms with E-state index in [-0.39, 0.29) is 5.84 Å². The summed E-state index contributed by atoms with van der Waals surface area (Å²) in [5.41, 5.74) is 8.33. The Balaban J connectivity index is 2.09. The van der Waals surface area contributed by atoms with E-state index in [2.05, 4.69) is 15.0 Å². The van der Waals surface area contributed by atoms with Gasteiger partial charge in [0.15, 0.2) is 5.84 Å². The minimum atomic E-state index is 0.116. The van der Waals surface area contributed by atoms with E-state index in [0.717, 1.165) is 22.9 Å². The van der Waals surface area contributed by atoms with Crippen LogP contribution in [0.4, 0.5) is 5.69 Å². The van der Waals surface area contributed by atoms with Crippen LogP contribution in [-0.2, 0) is 6.54 Å². The van der Waals surface area contributed by atoms with Crippen molar-refractivity contribution < 1.29 is 5.21 Å². The Morgan fingerprint density at radius 1 is 1.42 bits per heavy atom. The molecule has 0 aliphatic rings. The molecule has 2 aromatic rings. The molecule has 0 aliphatic carbocycles. The third-order valence-electron chi connectivity index (χ3n) is 2.75. The Kier molecular flexibility index (Phi) is 4.01. The molecular weight excluding hydrogens is 260 g/mol. The molecule has 0 bridgehead atoms. The molecule has 1 aromatic carbocycles. The highest BCUT2D eigenvalue weighted by molar-refractivity contribution is 7.09. The summed E-state index contributed by atoms with van der Waals surface area (Å²) < 4.78 is 0. The first-order valence-electron chi connectivity index (χ1n) is 5.80. The minimum Gasteiger partial charge on any atom is -0.409 e. The van der Waals surface area contributed by atoms with E-state index < -0.39 is 0 Å². The molecule has 2 rings (SSSR count). The smallest absolute Gasteiger partial charge is 0.170 e. The van der Waals surface area contributed by atoms with Crippen LogP contribution in [0, 0.1) is 6.92 Å². The second kappa shape index (κ2) is 5.71. The lowest BCUT2D eigenvalue weighted by Gasteiger charge is -2.18. The van der Waals surface area contributed by atoms with Gasteiger partial charge in [-0.05, 0) is 31.2 Å². The second-order valence-corrected chi connectivity index (χ2v) is 5.21. The van der Waals surface area contributed by atoms with Crippen LogP contribution >= 0.6 is 11.3 Å². The van der Waals surface area contributed by atoms with Gasteiger partial charge in [-0.3, -0.25) is 0 Å². The Labute approximate surface area is 116 Å². The number of nitrogens with zero attached hydrogens (tertiary/aromatic N) is 3. The van der Waals surface area contributed by atoms with Gasteiger partial charge in [-0.25, -0.2) is 4.98 Å². The number of rotatable bonds is 4. The van der Waals surface area contributed by atoms with Crippen LogP contribution in [0.25, 0.3) is 0 Å². The first kappa shape index (κ1) is 13.4. The van der Waals surface area contributed by atoms with Crippen molar-refractivity contribution in [3.05, 3.63) is 45.9 Å². The summed E-state index contributed by atoms with van der Waals surface area (Å²) in [6.45, 7) is 2.76. The Bertz CT molecular complexity index is 577. The molecule has 5 nitrogen and oxygen atoms in total. The molecular formula is C13H16N4OS. The molecule has 0 aliphatic heterocycles. The van der Waals surface area contributed by atoms with Gasteiger partial charge in [0.25, 0.3) is 0 Å². The monoisotopic (exact) mass is 276 g/mol. The summed E-state index contributed by atoms with van der Waals surface area (Å²) in [4.78, 5) is 6.55. The van der Waals surface area contributed by atoms with E-state index in [4.69, 9.17) is 10.9 Å². The number of amidine groups is 1. The van der Waals surface area contributed by atoms with Gasteiger partial charge in [-0.15, -0.1) is 11.3 Å². The summed E-state index contributed by atoms with van der Waals surface area (Å²) in [5.74, 6) is 0.116. The molecule has 1 aromatic heterocycles. The Morgan fingerprint density at radius 2 is 2.11 bits per heavy atom. The normalized spacial score (nSPS) is 11.6. The summed E-state index contributed by atoms with van der Waals surface area (Å²) >= 11 is 1.66. The van der Waals surface area contributed by atoms with Gasteiger partial charge in [0.1, 0.15) is 5.01 Å². The summed E-state index contributed by atoms with van der Waals surface area (Å²) in [6.07, 6.45) is 0. The van der Waals surface area contributed by atoms with Crippen LogP contribution < -0.4 is 10.6 Å². The number of hydrogen-bond donors (Lipinski definition) is 2. The van der Waals surface area contributed by atoms with E-state index in [0.29, 0.717) is 5.56 Å². The van der Waals surface area contributed by atoms with Crippen LogP contribution in [-0.4, -0.2) is 23.1 Å². The quantitative estimate of drug-likeness (QED) is 0.388. The maximum absolute atomic E-state index is 8.61. The molecule has 0 fully saturated rings. The number of nitrogens with two attached hydrogens (primary N) is 1. The maximum Gasteiger partial charge on any atom is 0.170 e.